The van der Waals surface area contributed by atoms with Gasteiger partial charge in [0.2, 0.25) is 0 Å². The third-order valence-electron chi connectivity index (χ3n) is 2.54. The van der Waals surface area contributed by atoms with E-state index in [-0.39, 0.29) is 5.92 Å². The molecule has 94 valence electrons. The van der Waals surface area contributed by atoms with Gasteiger partial charge in [-0.1, -0.05) is 20.3 Å². The van der Waals surface area contributed by atoms with Crippen LogP contribution < -0.4 is 10.6 Å². The zero-order valence-corrected chi connectivity index (χ0v) is 10.6. The first kappa shape index (κ1) is 13.5. The van der Waals surface area contributed by atoms with Gasteiger partial charge in [0.05, 0.1) is 5.69 Å². The highest BCUT2D eigenvalue weighted by molar-refractivity contribution is 7.08. The number of hydrogen-bond acceptors (Lipinski definition) is 3. The van der Waals surface area contributed by atoms with Crippen molar-refractivity contribution in [2.45, 2.75) is 26.3 Å². The van der Waals surface area contributed by atoms with E-state index in [1.54, 1.807) is 18.4 Å². The molecule has 1 aromatic rings. The molecule has 0 aliphatic heterocycles. The summed E-state index contributed by atoms with van der Waals surface area (Å²) >= 11 is 1.46. The van der Waals surface area contributed by atoms with Gasteiger partial charge >= 0.3 is 12.0 Å². The molecular formula is C11H16N2O3S. The lowest BCUT2D eigenvalue weighted by Crippen LogP contribution is -2.46. The Morgan fingerprint density at radius 2 is 2.24 bits per heavy atom. The molecule has 1 rings (SSSR count). The van der Waals surface area contributed by atoms with E-state index < -0.39 is 18.0 Å². The first-order valence-corrected chi connectivity index (χ1v) is 6.31. The van der Waals surface area contributed by atoms with Crippen LogP contribution in [0.2, 0.25) is 0 Å². The summed E-state index contributed by atoms with van der Waals surface area (Å²) in [6.07, 6.45) is 0.690. The average Bonchev–Trinajstić information content (AvgIpc) is 2.77. The number of carbonyl (C=O) groups is 2. The molecule has 17 heavy (non-hydrogen) atoms. The van der Waals surface area contributed by atoms with Gasteiger partial charge in [-0.15, -0.1) is 0 Å². The van der Waals surface area contributed by atoms with Gasteiger partial charge in [-0.25, -0.2) is 9.59 Å². The predicted molar refractivity (Wildman–Crippen MR) is 67.4 cm³/mol. The minimum Gasteiger partial charge on any atom is -0.480 e. The number of carboxylic acid groups (broad SMARTS) is 1. The van der Waals surface area contributed by atoms with Crippen molar-refractivity contribution in [2.75, 3.05) is 5.32 Å². The highest BCUT2D eigenvalue weighted by Crippen LogP contribution is 2.12. The van der Waals surface area contributed by atoms with Crippen LogP contribution in [0, 0.1) is 5.92 Å². The Morgan fingerprint density at radius 1 is 1.53 bits per heavy atom. The van der Waals surface area contributed by atoms with Gasteiger partial charge in [0, 0.05) is 5.38 Å². The maximum absolute atomic E-state index is 11.6. The van der Waals surface area contributed by atoms with Crippen molar-refractivity contribution >= 4 is 29.0 Å². The van der Waals surface area contributed by atoms with Crippen LogP contribution in [0.15, 0.2) is 16.8 Å². The first-order chi connectivity index (χ1) is 8.04. The van der Waals surface area contributed by atoms with Crippen molar-refractivity contribution in [2.24, 2.45) is 5.92 Å². The molecule has 0 spiro atoms. The minimum atomic E-state index is -1.01. The van der Waals surface area contributed by atoms with E-state index in [1.165, 1.54) is 11.3 Å². The van der Waals surface area contributed by atoms with Crippen molar-refractivity contribution in [3.05, 3.63) is 16.8 Å². The van der Waals surface area contributed by atoms with Crippen LogP contribution in [0.5, 0.6) is 0 Å². The van der Waals surface area contributed by atoms with Gasteiger partial charge in [0.1, 0.15) is 6.04 Å². The number of thiophene rings is 1. The quantitative estimate of drug-likeness (QED) is 0.756. The largest absolute Gasteiger partial charge is 0.480 e. The Hall–Kier alpha value is -1.56. The minimum absolute atomic E-state index is 0.110. The van der Waals surface area contributed by atoms with Crippen molar-refractivity contribution in [1.29, 1.82) is 0 Å². The van der Waals surface area contributed by atoms with Crippen LogP contribution in [-0.4, -0.2) is 23.1 Å². The molecule has 0 saturated heterocycles. The molecule has 0 bridgehead atoms. The number of urea groups is 1. The van der Waals surface area contributed by atoms with Crippen molar-refractivity contribution in [1.82, 2.24) is 5.32 Å². The van der Waals surface area contributed by atoms with Crippen LogP contribution >= 0.6 is 11.3 Å². The average molecular weight is 256 g/mol. The Labute approximate surface area is 104 Å². The van der Waals surface area contributed by atoms with E-state index in [9.17, 15) is 9.59 Å². The zero-order chi connectivity index (χ0) is 12.8. The summed E-state index contributed by atoms with van der Waals surface area (Å²) in [6, 6.07) is 0.401. The molecular weight excluding hydrogens is 240 g/mol. The lowest BCUT2D eigenvalue weighted by molar-refractivity contribution is -0.140. The third-order valence-corrected chi connectivity index (χ3v) is 3.23. The maximum atomic E-state index is 11.6. The summed E-state index contributed by atoms with van der Waals surface area (Å²) in [5.74, 6) is -1.12. The lowest BCUT2D eigenvalue weighted by Gasteiger charge is -2.20. The molecule has 3 N–H and O–H groups in total. The SMILES string of the molecule is CC[C@H](C)[C@H](NC(=O)Nc1ccsc1)C(=O)O. The number of carboxylic acids is 1. The van der Waals surface area contributed by atoms with Crippen molar-refractivity contribution < 1.29 is 14.7 Å². The monoisotopic (exact) mass is 256 g/mol. The Balaban J connectivity index is 2.55. The smallest absolute Gasteiger partial charge is 0.326 e. The summed E-state index contributed by atoms with van der Waals surface area (Å²) in [4.78, 5) is 22.6. The Bertz CT molecular complexity index is 378. The van der Waals surface area contributed by atoms with E-state index >= 15 is 0 Å². The lowest BCUT2D eigenvalue weighted by atomic mass is 9.99. The number of nitrogens with one attached hydrogen (secondary N) is 2. The van der Waals surface area contributed by atoms with E-state index in [1.807, 2.05) is 12.3 Å². The van der Waals surface area contributed by atoms with E-state index in [2.05, 4.69) is 10.6 Å². The predicted octanol–water partition coefficient (Wildman–Crippen LogP) is 2.37. The molecule has 1 heterocycles. The fraction of sp³-hybridized carbons (Fsp3) is 0.455. The van der Waals surface area contributed by atoms with Crippen LogP contribution in [0.25, 0.3) is 0 Å². The number of aliphatic carboxylic acids is 1. The highest BCUT2D eigenvalue weighted by atomic mass is 32.1. The molecule has 0 saturated carbocycles. The van der Waals surface area contributed by atoms with Crippen molar-refractivity contribution in [3.63, 3.8) is 0 Å². The molecule has 1 aromatic heterocycles. The summed E-state index contributed by atoms with van der Waals surface area (Å²) in [7, 11) is 0. The van der Waals surface area contributed by atoms with E-state index in [0.29, 0.717) is 12.1 Å². The molecule has 0 aliphatic rings. The van der Waals surface area contributed by atoms with E-state index in [0.717, 1.165) is 0 Å². The molecule has 0 unspecified atom stereocenters. The Kier molecular flexibility index (Phi) is 4.96. The number of amides is 2. The Morgan fingerprint density at radius 3 is 2.71 bits per heavy atom. The molecule has 0 fully saturated rings. The zero-order valence-electron chi connectivity index (χ0n) is 9.77. The van der Waals surface area contributed by atoms with Crippen LogP contribution in [0.4, 0.5) is 10.5 Å². The fourth-order valence-corrected chi connectivity index (χ4v) is 1.91. The van der Waals surface area contributed by atoms with Gasteiger partial charge in [-0.3, -0.25) is 0 Å². The molecule has 2 amide bonds. The number of anilines is 1. The van der Waals surface area contributed by atoms with E-state index in [4.69, 9.17) is 5.11 Å². The van der Waals surface area contributed by atoms with Crippen LogP contribution in [0.3, 0.4) is 0 Å². The van der Waals surface area contributed by atoms with Gasteiger partial charge in [-0.05, 0) is 17.4 Å². The molecule has 0 aromatic carbocycles. The standard InChI is InChI=1S/C11H16N2O3S/c1-3-7(2)9(10(14)15)13-11(16)12-8-4-5-17-6-8/h4-7,9H,3H2,1-2H3,(H,14,15)(H2,12,13,16)/t7-,9-/m0/s1. The third kappa shape index (κ3) is 4.07. The molecule has 5 nitrogen and oxygen atoms in total. The normalized spacial score (nSPS) is 13.8. The van der Waals surface area contributed by atoms with Gasteiger partial charge < -0.3 is 15.7 Å². The second kappa shape index (κ2) is 6.24. The van der Waals surface area contributed by atoms with Crippen molar-refractivity contribution in [3.8, 4) is 0 Å². The fourth-order valence-electron chi connectivity index (χ4n) is 1.33. The summed E-state index contributed by atoms with van der Waals surface area (Å²) in [5, 5.41) is 17.7. The maximum Gasteiger partial charge on any atom is 0.326 e. The molecule has 2 atom stereocenters. The van der Waals surface area contributed by atoms with Crippen LogP contribution in [0.1, 0.15) is 20.3 Å². The number of hydrogen-bond donors (Lipinski definition) is 3. The first-order valence-electron chi connectivity index (χ1n) is 5.37. The molecule has 6 heteroatoms. The summed E-state index contributed by atoms with van der Waals surface area (Å²) in [5.41, 5.74) is 0.667. The second-order valence-corrected chi connectivity index (χ2v) is 4.59. The number of rotatable bonds is 5. The second-order valence-electron chi connectivity index (χ2n) is 3.81. The molecule has 0 radical (unpaired) electrons. The summed E-state index contributed by atoms with van der Waals surface area (Å²) in [6.45, 7) is 3.68. The highest BCUT2D eigenvalue weighted by Gasteiger charge is 2.25. The summed E-state index contributed by atoms with van der Waals surface area (Å²) < 4.78 is 0. The molecule has 0 aliphatic carbocycles. The van der Waals surface area contributed by atoms with Crippen LogP contribution in [-0.2, 0) is 4.79 Å². The topological polar surface area (TPSA) is 78.4 Å². The van der Waals surface area contributed by atoms with Gasteiger partial charge in [0.15, 0.2) is 0 Å². The number of carbonyl (C=O) groups excluding carboxylic acids is 1. The van der Waals surface area contributed by atoms with Gasteiger partial charge in [-0.2, -0.15) is 11.3 Å². The van der Waals surface area contributed by atoms with Gasteiger partial charge in [0.25, 0.3) is 0 Å².